The number of aliphatic imine (C=N–C) groups is 1. The van der Waals surface area contributed by atoms with Gasteiger partial charge in [-0.15, -0.1) is 24.0 Å². The van der Waals surface area contributed by atoms with Crippen molar-refractivity contribution in [2.75, 3.05) is 66.2 Å². The number of hydrogen-bond donors (Lipinski definition) is 3. The fourth-order valence-electron chi connectivity index (χ4n) is 3.05. The van der Waals surface area contributed by atoms with Crippen molar-refractivity contribution in [3.8, 4) is 0 Å². The quantitative estimate of drug-likeness (QED) is 0.140. The molecule has 1 fully saturated rings. The normalized spacial score (nSPS) is 15.9. The number of methoxy groups -OCH3 is 1. The molecule has 1 saturated heterocycles. The molecule has 0 radical (unpaired) electrons. The molecule has 0 aromatic rings. The molecule has 0 unspecified atom stereocenters. The van der Waals surface area contributed by atoms with Crippen molar-refractivity contribution < 1.29 is 14.3 Å². The number of halogens is 1. The van der Waals surface area contributed by atoms with Gasteiger partial charge in [0, 0.05) is 39.3 Å². The largest absolute Gasteiger partial charge is 0.382 e. The van der Waals surface area contributed by atoms with Crippen LogP contribution in [0.5, 0.6) is 0 Å². The van der Waals surface area contributed by atoms with Gasteiger partial charge in [0.2, 0.25) is 5.91 Å². The Morgan fingerprint density at radius 3 is 2.54 bits per heavy atom. The Hall–Kier alpha value is -0.650. The lowest BCUT2D eigenvalue weighted by molar-refractivity contribution is -0.123. The third-order valence-corrected chi connectivity index (χ3v) is 4.68. The van der Waals surface area contributed by atoms with E-state index in [1.807, 2.05) is 0 Å². The highest BCUT2D eigenvalue weighted by atomic mass is 127. The SMILES string of the molecule is CCNC(=NCCCOCCOC)NCCCCN1CCC(C(N)=O)CC1.I. The van der Waals surface area contributed by atoms with E-state index in [0.717, 1.165) is 77.3 Å². The van der Waals surface area contributed by atoms with Crippen molar-refractivity contribution in [2.45, 2.75) is 39.0 Å². The highest BCUT2D eigenvalue weighted by molar-refractivity contribution is 14.0. The van der Waals surface area contributed by atoms with Gasteiger partial charge < -0.3 is 30.7 Å². The third-order valence-electron chi connectivity index (χ3n) is 4.68. The molecule has 1 amide bonds. The molecule has 0 spiro atoms. The van der Waals surface area contributed by atoms with Crippen molar-refractivity contribution in [1.29, 1.82) is 0 Å². The van der Waals surface area contributed by atoms with Crippen LogP contribution < -0.4 is 16.4 Å². The zero-order valence-electron chi connectivity index (χ0n) is 17.6. The van der Waals surface area contributed by atoms with Crippen molar-refractivity contribution >= 4 is 35.8 Å². The molecule has 0 aliphatic carbocycles. The van der Waals surface area contributed by atoms with E-state index < -0.39 is 0 Å². The van der Waals surface area contributed by atoms with Gasteiger partial charge in [-0.25, -0.2) is 0 Å². The van der Waals surface area contributed by atoms with Crippen LogP contribution in [0.2, 0.25) is 0 Å². The van der Waals surface area contributed by atoms with Crippen molar-refractivity contribution in [3.05, 3.63) is 0 Å². The third kappa shape index (κ3) is 13.5. The molecule has 0 saturated carbocycles. The summed E-state index contributed by atoms with van der Waals surface area (Å²) >= 11 is 0. The molecule has 0 aromatic heterocycles. The van der Waals surface area contributed by atoms with Gasteiger partial charge in [0.1, 0.15) is 0 Å². The fraction of sp³-hybridized carbons (Fsp3) is 0.895. The zero-order chi connectivity index (χ0) is 19.7. The Bertz CT molecular complexity index is 418. The van der Waals surface area contributed by atoms with Crippen LogP contribution in [0, 0.1) is 5.92 Å². The highest BCUT2D eigenvalue weighted by Gasteiger charge is 2.22. The average Bonchev–Trinajstić information content (AvgIpc) is 2.67. The number of unbranched alkanes of at least 4 members (excludes halogenated alkanes) is 1. The van der Waals surface area contributed by atoms with E-state index in [1.54, 1.807) is 7.11 Å². The van der Waals surface area contributed by atoms with Gasteiger partial charge in [-0.1, -0.05) is 0 Å². The number of guanidine groups is 1. The van der Waals surface area contributed by atoms with Crippen LogP contribution in [0.15, 0.2) is 4.99 Å². The number of carbonyl (C=O) groups excluding carboxylic acids is 1. The Morgan fingerprint density at radius 1 is 1.14 bits per heavy atom. The summed E-state index contributed by atoms with van der Waals surface area (Å²) in [6.45, 7) is 9.61. The second-order valence-corrected chi connectivity index (χ2v) is 6.87. The number of nitrogens with one attached hydrogen (secondary N) is 2. The molecule has 4 N–H and O–H groups in total. The van der Waals surface area contributed by atoms with Gasteiger partial charge in [-0.05, 0) is 58.7 Å². The van der Waals surface area contributed by atoms with Crippen LogP contribution >= 0.6 is 24.0 Å². The molecule has 0 atom stereocenters. The summed E-state index contributed by atoms with van der Waals surface area (Å²) in [5.74, 6) is 0.805. The first-order valence-corrected chi connectivity index (χ1v) is 10.3. The number of ether oxygens (including phenoxy) is 2. The smallest absolute Gasteiger partial charge is 0.220 e. The fourth-order valence-corrected chi connectivity index (χ4v) is 3.05. The first-order chi connectivity index (χ1) is 13.2. The van der Waals surface area contributed by atoms with Crippen molar-refractivity contribution in [1.82, 2.24) is 15.5 Å². The number of nitrogens with two attached hydrogens (primary N) is 1. The van der Waals surface area contributed by atoms with Gasteiger partial charge in [0.25, 0.3) is 0 Å². The first-order valence-electron chi connectivity index (χ1n) is 10.3. The van der Waals surface area contributed by atoms with Crippen LogP contribution in [-0.2, 0) is 14.3 Å². The van der Waals surface area contributed by atoms with Gasteiger partial charge in [0.05, 0.1) is 13.2 Å². The minimum Gasteiger partial charge on any atom is -0.382 e. The first kappa shape index (κ1) is 27.4. The molecule has 9 heteroatoms. The molecular weight excluding hydrogens is 473 g/mol. The number of rotatable bonds is 14. The second kappa shape index (κ2) is 18.4. The van der Waals surface area contributed by atoms with E-state index in [0.29, 0.717) is 19.8 Å². The molecule has 1 aliphatic heterocycles. The molecule has 1 rings (SSSR count). The van der Waals surface area contributed by atoms with Crippen molar-refractivity contribution in [2.24, 2.45) is 16.6 Å². The van der Waals surface area contributed by atoms with Gasteiger partial charge in [0.15, 0.2) is 5.96 Å². The monoisotopic (exact) mass is 513 g/mol. The van der Waals surface area contributed by atoms with E-state index in [4.69, 9.17) is 15.2 Å². The van der Waals surface area contributed by atoms with Crippen LogP contribution in [0.4, 0.5) is 0 Å². The van der Waals surface area contributed by atoms with Gasteiger partial charge >= 0.3 is 0 Å². The standard InChI is InChI=1S/C19H39N5O3.HI/c1-3-21-19(23-10-6-14-27-16-15-26-2)22-9-4-5-11-24-12-7-17(8-13-24)18(20)25;/h17H,3-16H2,1-2H3,(H2,20,25)(H2,21,22,23);1H. The summed E-state index contributed by atoms with van der Waals surface area (Å²) in [4.78, 5) is 18.2. The van der Waals surface area contributed by atoms with E-state index in [-0.39, 0.29) is 35.8 Å². The Kier molecular flexibility index (Phi) is 18.0. The van der Waals surface area contributed by atoms with Gasteiger partial charge in [-0.2, -0.15) is 0 Å². The molecule has 0 aromatic carbocycles. The van der Waals surface area contributed by atoms with E-state index in [2.05, 4.69) is 27.4 Å². The predicted octanol–water partition coefficient (Wildman–Crippen LogP) is 1.19. The van der Waals surface area contributed by atoms with Crippen LogP contribution in [0.1, 0.15) is 39.0 Å². The Labute approximate surface area is 187 Å². The number of piperidine rings is 1. The minimum absolute atomic E-state index is 0. The molecule has 1 heterocycles. The second-order valence-electron chi connectivity index (χ2n) is 6.87. The van der Waals surface area contributed by atoms with Crippen molar-refractivity contribution in [3.63, 3.8) is 0 Å². The maximum atomic E-state index is 11.2. The zero-order valence-corrected chi connectivity index (χ0v) is 19.9. The van der Waals surface area contributed by atoms with E-state index in [1.165, 1.54) is 0 Å². The van der Waals surface area contributed by atoms with Crippen LogP contribution in [0.3, 0.4) is 0 Å². The number of amides is 1. The molecule has 8 nitrogen and oxygen atoms in total. The van der Waals surface area contributed by atoms with Crippen LogP contribution in [0.25, 0.3) is 0 Å². The topological polar surface area (TPSA) is 101 Å². The lowest BCUT2D eigenvalue weighted by Gasteiger charge is -2.30. The Morgan fingerprint density at radius 2 is 1.89 bits per heavy atom. The summed E-state index contributed by atoms with van der Waals surface area (Å²) in [5, 5.41) is 6.66. The van der Waals surface area contributed by atoms with E-state index in [9.17, 15) is 4.79 Å². The molecule has 0 bridgehead atoms. The van der Waals surface area contributed by atoms with E-state index >= 15 is 0 Å². The number of likely N-dealkylation sites (tertiary alicyclic amines) is 1. The lowest BCUT2D eigenvalue weighted by Crippen LogP contribution is -2.39. The predicted molar refractivity (Wildman–Crippen MR) is 124 cm³/mol. The highest BCUT2D eigenvalue weighted by Crippen LogP contribution is 2.16. The molecule has 166 valence electrons. The summed E-state index contributed by atoms with van der Waals surface area (Å²) in [7, 11) is 1.67. The maximum absolute atomic E-state index is 11.2. The summed E-state index contributed by atoms with van der Waals surface area (Å²) in [5.41, 5.74) is 5.38. The minimum atomic E-state index is -0.143. The molecule has 1 aliphatic rings. The Balaban J connectivity index is 0.00000729. The molecular formula is C19H40IN5O3. The summed E-state index contributed by atoms with van der Waals surface area (Å²) < 4.78 is 10.4. The number of primary amides is 1. The van der Waals surface area contributed by atoms with Gasteiger partial charge in [-0.3, -0.25) is 9.79 Å². The molecule has 28 heavy (non-hydrogen) atoms. The summed E-state index contributed by atoms with van der Waals surface area (Å²) in [6.07, 6.45) is 4.95. The number of nitrogens with zero attached hydrogens (tertiary/aromatic N) is 2. The summed E-state index contributed by atoms with van der Waals surface area (Å²) in [6, 6.07) is 0. The maximum Gasteiger partial charge on any atom is 0.220 e. The lowest BCUT2D eigenvalue weighted by atomic mass is 9.96. The average molecular weight is 513 g/mol. The number of hydrogen-bond acceptors (Lipinski definition) is 5. The number of carbonyl (C=O) groups is 1. The van der Waals surface area contributed by atoms with Crippen LogP contribution in [-0.4, -0.2) is 83.0 Å².